The van der Waals surface area contributed by atoms with Crippen molar-refractivity contribution in [2.24, 2.45) is 0 Å². The van der Waals surface area contributed by atoms with Crippen molar-refractivity contribution >= 4 is 23.3 Å². The molecular formula is C14H11ClFNO2. The molecule has 0 aliphatic carbocycles. The van der Waals surface area contributed by atoms with Crippen LogP contribution in [0.3, 0.4) is 0 Å². The van der Waals surface area contributed by atoms with Gasteiger partial charge < -0.3 is 10.4 Å². The Balaban J connectivity index is 2.07. The van der Waals surface area contributed by atoms with Crippen LogP contribution in [-0.4, -0.2) is 11.1 Å². The van der Waals surface area contributed by atoms with Gasteiger partial charge in [-0.25, -0.2) is 9.18 Å². The summed E-state index contributed by atoms with van der Waals surface area (Å²) in [5.74, 6) is -1.31. The van der Waals surface area contributed by atoms with E-state index >= 15 is 0 Å². The van der Waals surface area contributed by atoms with E-state index in [-0.39, 0.29) is 11.4 Å². The maximum absolute atomic E-state index is 12.7. The predicted octanol–water partition coefficient (Wildman–Crippen LogP) is 3.79. The van der Waals surface area contributed by atoms with Gasteiger partial charge in [-0.1, -0.05) is 23.7 Å². The van der Waals surface area contributed by atoms with Crippen LogP contribution in [0.15, 0.2) is 42.5 Å². The first kappa shape index (κ1) is 13.4. The third-order valence-electron chi connectivity index (χ3n) is 2.61. The molecule has 2 aromatic carbocycles. The first-order valence-electron chi connectivity index (χ1n) is 5.57. The van der Waals surface area contributed by atoms with E-state index in [9.17, 15) is 9.18 Å². The molecule has 19 heavy (non-hydrogen) atoms. The summed E-state index contributed by atoms with van der Waals surface area (Å²) in [5.41, 5.74) is 1.67. The Morgan fingerprint density at radius 1 is 1.21 bits per heavy atom. The molecule has 0 amide bonds. The number of benzene rings is 2. The topological polar surface area (TPSA) is 49.3 Å². The summed E-state index contributed by atoms with van der Waals surface area (Å²) in [7, 11) is 0. The maximum atomic E-state index is 12.7. The Bertz CT molecular complexity index is 599. The zero-order valence-electron chi connectivity index (χ0n) is 9.86. The third-order valence-corrected chi connectivity index (χ3v) is 2.92. The molecule has 98 valence electrons. The monoisotopic (exact) mass is 279 g/mol. The number of carboxylic acids is 1. The van der Waals surface area contributed by atoms with Gasteiger partial charge in [0.15, 0.2) is 0 Å². The lowest BCUT2D eigenvalue weighted by Gasteiger charge is -2.09. The molecule has 5 heteroatoms. The molecule has 0 saturated heterocycles. The summed E-state index contributed by atoms with van der Waals surface area (Å²) in [6.45, 7) is 0.479. The average molecular weight is 280 g/mol. The molecule has 3 nitrogen and oxygen atoms in total. The van der Waals surface area contributed by atoms with Crippen LogP contribution >= 0.6 is 11.6 Å². The lowest BCUT2D eigenvalue weighted by molar-refractivity contribution is 0.0697. The molecule has 0 aromatic heterocycles. The van der Waals surface area contributed by atoms with Crippen molar-refractivity contribution < 1.29 is 14.3 Å². The van der Waals surface area contributed by atoms with Gasteiger partial charge >= 0.3 is 5.97 Å². The minimum atomic E-state index is -1.02. The number of halogens is 2. The number of nitrogens with one attached hydrogen (secondary N) is 1. The SMILES string of the molecule is O=C(O)c1ccc(NCc2ccc(F)cc2)c(Cl)c1. The fourth-order valence-electron chi connectivity index (χ4n) is 1.59. The summed E-state index contributed by atoms with van der Waals surface area (Å²) < 4.78 is 12.7. The fourth-order valence-corrected chi connectivity index (χ4v) is 1.84. The van der Waals surface area contributed by atoms with Crippen molar-refractivity contribution in [3.8, 4) is 0 Å². The predicted molar refractivity (Wildman–Crippen MR) is 72.1 cm³/mol. The van der Waals surface area contributed by atoms with E-state index in [1.54, 1.807) is 18.2 Å². The highest BCUT2D eigenvalue weighted by atomic mass is 35.5. The molecule has 2 rings (SSSR count). The Kier molecular flexibility index (Phi) is 4.02. The van der Waals surface area contributed by atoms with Crippen LogP contribution in [0.5, 0.6) is 0 Å². The quantitative estimate of drug-likeness (QED) is 0.895. The van der Waals surface area contributed by atoms with Gasteiger partial charge in [0.1, 0.15) is 5.82 Å². The van der Waals surface area contributed by atoms with Crippen LogP contribution in [0.25, 0.3) is 0 Å². The van der Waals surface area contributed by atoms with Crippen molar-refractivity contribution in [2.75, 3.05) is 5.32 Å². The van der Waals surface area contributed by atoms with E-state index in [4.69, 9.17) is 16.7 Å². The zero-order chi connectivity index (χ0) is 13.8. The standard InChI is InChI=1S/C14H11ClFNO2/c15-12-7-10(14(18)19)3-6-13(12)17-8-9-1-4-11(16)5-2-9/h1-7,17H,8H2,(H,18,19). The first-order chi connectivity index (χ1) is 9.06. The molecule has 0 aliphatic heterocycles. The van der Waals surface area contributed by atoms with Gasteiger partial charge in [-0.2, -0.15) is 0 Å². The lowest BCUT2D eigenvalue weighted by Crippen LogP contribution is -2.02. The second kappa shape index (κ2) is 5.71. The van der Waals surface area contributed by atoms with Gasteiger partial charge in [-0.05, 0) is 35.9 Å². The highest BCUT2D eigenvalue weighted by Crippen LogP contribution is 2.23. The highest BCUT2D eigenvalue weighted by molar-refractivity contribution is 6.33. The van der Waals surface area contributed by atoms with Crippen molar-refractivity contribution in [3.05, 3.63) is 64.4 Å². The maximum Gasteiger partial charge on any atom is 0.335 e. The number of aromatic carboxylic acids is 1. The molecule has 0 fully saturated rings. The van der Waals surface area contributed by atoms with Gasteiger partial charge in [-0.15, -0.1) is 0 Å². The Hall–Kier alpha value is -2.07. The molecule has 0 saturated carbocycles. The lowest BCUT2D eigenvalue weighted by atomic mass is 10.2. The second-order valence-corrected chi connectivity index (χ2v) is 4.39. The van der Waals surface area contributed by atoms with Crippen LogP contribution in [-0.2, 0) is 6.54 Å². The van der Waals surface area contributed by atoms with Gasteiger partial charge in [-0.3, -0.25) is 0 Å². The number of hydrogen-bond donors (Lipinski definition) is 2. The van der Waals surface area contributed by atoms with Crippen molar-refractivity contribution in [1.29, 1.82) is 0 Å². The molecule has 0 spiro atoms. The first-order valence-corrected chi connectivity index (χ1v) is 5.95. The molecule has 0 unspecified atom stereocenters. The third kappa shape index (κ3) is 3.45. The summed E-state index contributed by atoms with van der Waals surface area (Å²) in [6, 6.07) is 10.6. The molecule has 0 atom stereocenters. The second-order valence-electron chi connectivity index (χ2n) is 3.98. The van der Waals surface area contributed by atoms with Crippen LogP contribution in [0.1, 0.15) is 15.9 Å². The van der Waals surface area contributed by atoms with E-state index in [0.717, 1.165) is 5.56 Å². The molecule has 2 N–H and O–H groups in total. The Morgan fingerprint density at radius 2 is 1.89 bits per heavy atom. The number of rotatable bonds is 4. The number of hydrogen-bond acceptors (Lipinski definition) is 2. The number of carbonyl (C=O) groups is 1. The number of anilines is 1. The van der Waals surface area contributed by atoms with Gasteiger partial charge in [0, 0.05) is 6.54 Å². The smallest absolute Gasteiger partial charge is 0.335 e. The summed E-state index contributed by atoms with van der Waals surface area (Å²) in [6.07, 6.45) is 0. The zero-order valence-corrected chi connectivity index (χ0v) is 10.6. The van der Waals surface area contributed by atoms with Gasteiger partial charge in [0.05, 0.1) is 16.3 Å². The number of carboxylic acid groups (broad SMARTS) is 1. The van der Waals surface area contributed by atoms with E-state index < -0.39 is 5.97 Å². The van der Waals surface area contributed by atoms with Crippen LogP contribution < -0.4 is 5.32 Å². The van der Waals surface area contributed by atoms with Crippen molar-refractivity contribution in [2.45, 2.75) is 6.54 Å². The minimum absolute atomic E-state index is 0.136. The average Bonchev–Trinajstić information content (AvgIpc) is 2.39. The molecule has 0 radical (unpaired) electrons. The Morgan fingerprint density at radius 3 is 2.47 bits per heavy atom. The Labute approximate surface area is 114 Å². The highest BCUT2D eigenvalue weighted by Gasteiger charge is 2.06. The molecule has 0 heterocycles. The van der Waals surface area contributed by atoms with Gasteiger partial charge in [0.25, 0.3) is 0 Å². The molecule has 0 bridgehead atoms. The molecule has 2 aromatic rings. The normalized spacial score (nSPS) is 10.2. The van der Waals surface area contributed by atoms with E-state index in [1.165, 1.54) is 24.3 Å². The van der Waals surface area contributed by atoms with Gasteiger partial charge in [0.2, 0.25) is 0 Å². The van der Waals surface area contributed by atoms with E-state index in [1.807, 2.05) is 0 Å². The van der Waals surface area contributed by atoms with E-state index in [0.29, 0.717) is 17.3 Å². The summed E-state index contributed by atoms with van der Waals surface area (Å²) >= 11 is 5.98. The summed E-state index contributed by atoms with van der Waals surface area (Å²) in [4.78, 5) is 10.8. The molecule has 0 aliphatic rings. The van der Waals surface area contributed by atoms with Crippen LogP contribution in [0.2, 0.25) is 5.02 Å². The van der Waals surface area contributed by atoms with E-state index in [2.05, 4.69) is 5.32 Å². The molecular weight excluding hydrogens is 269 g/mol. The minimum Gasteiger partial charge on any atom is -0.478 e. The van der Waals surface area contributed by atoms with Crippen LogP contribution in [0.4, 0.5) is 10.1 Å². The van der Waals surface area contributed by atoms with Crippen molar-refractivity contribution in [1.82, 2.24) is 0 Å². The van der Waals surface area contributed by atoms with Crippen LogP contribution in [0, 0.1) is 5.82 Å². The fraction of sp³-hybridized carbons (Fsp3) is 0.0714. The summed E-state index contributed by atoms with van der Waals surface area (Å²) in [5, 5.41) is 12.2. The largest absolute Gasteiger partial charge is 0.478 e. The van der Waals surface area contributed by atoms with Crippen molar-refractivity contribution in [3.63, 3.8) is 0 Å².